The molecule has 1 amide bonds. The molecule has 2 aromatic heterocycles. The molecule has 0 saturated heterocycles. The maximum atomic E-state index is 13.2. The van der Waals surface area contributed by atoms with Crippen molar-refractivity contribution in [1.29, 1.82) is 0 Å². The van der Waals surface area contributed by atoms with Crippen LogP contribution in [0.5, 0.6) is 11.5 Å². The topological polar surface area (TPSA) is 129 Å². The van der Waals surface area contributed by atoms with Crippen molar-refractivity contribution in [2.75, 3.05) is 11.1 Å². The number of amides is 1. The second-order valence-electron chi connectivity index (χ2n) is 6.50. The molecule has 0 atom stereocenters. The summed E-state index contributed by atoms with van der Waals surface area (Å²) >= 11 is 0. The number of pyridine rings is 1. The molecular weight excluding hydrogens is 399 g/mol. The number of nitrogens with one attached hydrogen (secondary N) is 1. The highest BCUT2D eigenvalue weighted by atomic mass is 19.1. The highest BCUT2D eigenvalue weighted by molar-refractivity contribution is 5.91. The standard InChI is InChI=1S/C22H17FN6O2/c23-14-3-1-13(2-4-14)18-12-20(29-22(25)28-18)27-15-5-7-16(8-6-15)31-17-9-10-26-19(11-17)21(24)30/h1-12H,(H2,24,30)(H3,25,27,28,29). The number of halogens is 1. The first-order chi connectivity index (χ1) is 15.0. The number of carbonyl (C=O) groups is 1. The number of nitrogens with zero attached hydrogens (tertiary/aromatic N) is 3. The van der Waals surface area contributed by atoms with Gasteiger partial charge in [-0.25, -0.2) is 9.37 Å². The Labute approximate surface area is 176 Å². The van der Waals surface area contributed by atoms with Crippen molar-refractivity contribution in [3.8, 4) is 22.8 Å². The molecule has 0 unspecified atom stereocenters. The van der Waals surface area contributed by atoms with E-state index in [-0.39, 0.29) is 17.5 Å². The number of anilines is 3. The Morgan fingerprint density at radius 2 is 1.68 bits per heavy atom. The van der Waals surface area contributed by atoms with Crippen LogP contribution in [0.4, 0.5) is 21.8 Å². The maximum Gasteiger partial charge on any atom is 0.267 e. The van der Waals surface area contributed by atoms with Crippen molar-refractivity contribution in [2.24, 2.45) is 5.73 Å². The van der Waals surface area contributed by atoms with Crippen LogP contribution in [-0.2, 0) is 0 Å². The second kappa shape index (κ2) is 8.46. The summed E-state index contributed by atoms with van der Waals surface area (Å²) < 4.78 is 18.9. The van der Waals surface area contributed by atoms with Gasteiger partial charge in [0, 0.05) is 29.6 Å². The Bertz CT molecular complexity index is 1230. The van der Waals surface area contributed by atoms with Crippen LogP contribution in [0.25, 0.3) is 11.3 Å². The third-order valence-electron chi connectivity index (χ3n) is 4.23. The molecule has 2 aromatic carbocycles. The number of benzene rings is 2. The van der Waals surface area contributed by atoms with E-state index in [2.05, 4.69) is 20.3 Å². The third-order valence-corrected chi connectivity index (χ3v) is 4.23. The zero-order valence-electron chi connectivity index (χ0n) is 16.1. The third kappa shape index (κ3) is 4.91. The zero-order chi connectivity index (χ0) is 21.8. The van der Waals surface area contributed by atoms with Gasteiger partial charge >= 0.3 is 0 Å². The minimum atomic E-state index is -0.630. The van der Waals surface area contributed by atoms with Gasteiger partial charge in [0.15, 0.2) is 0 Å². The first-order valence-electron chi connectivity index (χ1n) is 9.17. The van der Waals surface area contributed by atoms with Crippen molar-refractivity contribution >= 4 is 23.4 Å². The fourth-order valence-electron chi connectivity index (χ4n) is 2.80. The lowest BCUT2D eigenvalue weighted by molar-refractivity contribution is 0.0995. The minimum absolute atomic E-state index is 0.0900. The molecule has 0 saturated carbocycles. The fraction of sp³-hybridized carbons (Fsp3) is 0. The van der Waals surface area contributed by atoms with Crippen molar-refractivity contribution in [3.63, 3.8) is 0 Å². The molecule has 31 heavy (non-hydrogen) atoms. The van der Waals surface area contributed by atoms with E-state index in [0.717, 1.165) is 11.3 Å². The number of carbonyl (C=O) groups excluding carboxylic acids is 1. The predicted molar refractivity (Wildman–Crippen MR) is 114 cm³/mol. The quantitative estimate of drug-likeness (QED) is 0.435. The first-order valence-corrected chi connectivity index (χ1v) is 9.17. The van der Waals surface area contributed by atoms with Gasteiger partial charge in [0.2, 0.25) is 5.95 Å². The smallest absolute Gasteiger partial charge is 0.267 e. The predicted octanol–water partition coefficient (Wildman–Crippen LogP) is 3.89. The molecule has 0 aliphatic carbocycles. The van der Waals surface area contributed by atoms with Gasteiger partial charge in [0.05, 0.1) is 5.69 Å². The van der Waals surface area contributed by atoms with E-state index < -0.39 is 5.91 Å². The highest BCUT2D eigenvalue weighted by Crippen LogP contribution is 2.26. The van der Waals surface area contributed by atoms with Gasteiger partial charge in [0.25, 0.3) is 5.91 Å². The van der Waals surface area contributed by atoms with Crippen molar-refractivity contribution in [3.05, 3.63) is 84.4 Å². The van der Waals surface area contributed by atoms with E-state index in [4.69, 9.17) is 16.2 Å². The lowest BCUT2D eigenvalue weighted by Gasteiger charge is -2.10. The molecule has 9 heteroatoms. The highest BCUT2D eigenvalue weighted by Gasteiger charge is 2.07. The minimum Gasteiger partial charge on any atom is -0.457 e. The lowest BCUT2D eigenvalue weighted by atomic mass is 10.1. The summed E-state index contributed by atoms with van der Waals surface area (Å²) in [6, 6.07) is 17.8. The van der Waals surface area contributed by atoms with E-state index in [9.17, 15) is 9.18 Å². The average molecular weight is 416 g/mol. The molecule has 0 aliphatic rings. The van der Waals surface area contributed by atoms with Gasteiger partial charge in [-0.3, -0.25) is 9.78 Å². The zero-order valence-corrected chi connectivity index (χ0v) is 16.1. The van der Waals surface area contributed by atoms with E-state index in [1.807, 2.05) is 0 Å². The Morgan fingerprint density at radius 1 is 0.935 bits per heavy atom. The second-order valence-corrected chi connectivity index (χ2v) is 6.50. The molecule has 4 rings (SSSR count). The normalized spacial score (nSPS) is 10.5. The molecule has 0 bridgehead atoms. The van der Waals surface area contributed by atoms with Gasteiger partial charge in [-0.15, -0.1) is 0 Å². The van der Waals surface area contributed by atoms with Gasteiger partial charge in [-0.2, -0.15) is 4.98 Å². The molecule has 154 valence electrons. The van der Waals surface area contributed by atoms with Crippen LogP contribution < -0.4 is 21.5 Å². The van der Waals surface area contributed by atoms with Gasteiger partial charge in [-0.05, 0) is 54.6 Å². The largest absolute Gasteiger partial charge is 0.457 e. The van der Waals surface area contributed by atoms with Crippen LogP contribution in [0.2, 0.25) is 0 Å². The van der Waals surface area contributed by atoms with Crippen LogP contribution in [0.3, 0.4) is 0 Å². The summed E-state index contributed by atoms with van der Waals surface area (Å²) in [6.07, 6.45) is 1.45. The van der Waals surface area contributed by atoms with E-state index in [1.165, 1.54) is 24.4 Å². The molecule has 0 aliphatic heterocycles. The number of nitrogen functional groups attached to an aromatic ring is 1. The molecule has 0 spiro atoms. The number of ether oxygens (including phenoxy) is 1. The van der Waals surface area contributed by atoms with Gasteiger partial charge < -0.3 is 21.5 Å². The number of primary amides is 1. The number of hydrogen-bond donors (Lipinski definition) is 3. The average Bonchev–Trinajstić information content (AvgIpc) is 2.75. The summed E-state index contributed by atoms with van der Waals surface area (Å²) in [5, 5.41) is 3.15. The summed E-state index contributed by atoms with van der Waals surface area (Å²) in [7, 11) is 0. The van der Waals surface area contributed by atoms with Crippen LogP contribution in [-0.4, -0.2) is 20.9 Å². The van der Waals surface area contributed by atoms with Crippen molar-refractivity contribution < 1.29 is 13.9 Å². The van der Waals surface area contributed by atoms with Crippen LogP contribution in [0, 0.1) is 5.82 Å². The summed E-state index contributed by atoms with van der Waals surface area (Å²) in [4.78, 5) is 23.5. The lowest BCUT2D eigenvalue weighted by Crippen LogP contribution is -2.12. The molecular formula is C22H17FN6O2. The number of aromatic nitrogens is 3. The number of hydrogen-bond acceptors (Lipinski definition) is 7. The Hall–Kier alpha value is -4.53. The molecule has 2 heterocycles. The fourth-order valence-corrected chi connectivity index (χ4v) is 2.80. The molecule has 0 fully saturated rings. The van der Waals surface area contributed by atoms with Crippen LogP contribution in [0.15, 0.2) is 72.9 Å². The molecule has 4 aromatic rings. The monoisotopic (exact) mass is 416 g/mol. The molecule has 0 radical (unpaired) electrons. The van der Waals surface area contributed by atoms with E-state index in [0.29, 0.717) is 23.0 Å². The number of nitrogens with two attached hydrogens (primary N) is 2. The van der Waals surface area contributed by atoms with Crippen molar-refractivity contribution in [2.45, 2.75) is 0 Å². The Balaban J connectivity index is 1.49. The maximum absolute atomic E-state index is 13.2. The number of rotatable bonds is 6. The summed E-state index contributed by atoms with van der Waals surface area (Å²) in [5.41, 5.74) is 13.2. The van der Waals surface area contributed by atoms with Gasteiger partial charge in [0.1, 0.15) is 28.8 Å². The SMILES string of the molecule is NC(=O)c1cc(Oc2ccc(Nc3cc(-c4ccc(F)cc4)nc(N)n3)cc2)ccn1. The molecule has 5 N–H and O–H groups in total. The first kappa shape index (κ1) is 19.8. The van der Waals surface area contributed by atoms with E-state index >= 15 is 0 Å². The van der Waals surface area contributed by atoms with Gasteiger partial charge in [-0.1, -0.05) is 0 Å². The summed E-state index contributed by atoms with van der Waals surface area (Å²) in [5.74, 6) is 0.615. The van der Waals surface area contributed by atoms with E-state index in [1.54, 1.807) is 48.5 Å². The molecule has 8 nitrogen and oxygen atoms in total. The van der Waals surface area contributed by atoms with Crippen LogP contribution in [0.1, 0.15) is 10.5 Å². The Morgan fingerprint density at radius 3 is 2.39 bits per heavy atom. The van der Waals surface area contributed by atoms with Crippen molar-refractivity contribution in [1.82, 2.24) is 15.0 Å². The Kier molecular flexibility index (Phi) is 5.39. The summed E-state index contributed by atoms with van der Waals surface area (Å²) in [6.45, 7) is 0. The van der Waals surface area contributed by atoms with Crippen LogP contribution >= 0.6 is 0 Å².